The van der Waals surface area contributed by atoms with Crippen LogP contribution in [0, 0.1) is 5.82 Å². The molecule has 2 heterocycles. The van der Waals surface area contributed by atoms with Gasteiger partial charge in [0.25, 0.3) is 5.78 Å². The highest BCUT2D eigenvalue weighted by atomic mass is 32.1. The highest BCUT2D eigenvalue weighted by molar-refractivity contribution is 7.22. The van der Waals surface area contributed by atoms with Gasteiger partial charge in [-0.25, -0.2) is 9.37 Å². The Morgan fingerprint density at radius 2 is 1.71 bits per heavy atom. The molecular formula is C31H29FN2O6S. The normalized spacial score (nSPS) is 16.4. The quantitative estimate of drug-likeness (QED) is 0.128. The lowest BCUT2D eigenvalue weighted by Gasteiger charge is -2.24. The standard InChI is InChI=1S/C31H29FN2O6S/c1-4-15-40-23-14-9-19(16-24(23)39-6-3)27-26(28(35)18-7-10-20(32)11-8-18)29(36)30(37)34(27)31-33-22-13-12-21(38-5-2)17-25(22)41-31/h7-14,16-17,27,35H,4-6,15H2,1-3H3/b28-26+. The highest BCUT2D eigenvalue weighted by Gasteiger charge is 2.48. The van der Waals surface area contributed by atoms with Crippen LogP contribution in [0.15, 0.2) is 66.2 Å². The SMILES string of the molecule is CCCOc1ccc(C2/C(=C(\O)c3ccc(F)cc3)C(=O)C(=O)N2c2nc3ccc(OCC)cc3s2)cc1OCC. The maximum Gasteiger partial charge on any atom is 0.301 e. The number of carbonyl (C=O) groups is 2. The van der Waals surface area contributed by atoms with Gasteiger partial charge in [-0.15, -0.1) is 0 Å². The van der Waals surface area contributed by atoms with Crippen LogP contribution in [-0.4, -0.2) is 41.6 Å². The molecule has 1 unspecified atom stereocenters. The fourth-order valence-electron chi connectivity index (χ4n) is 4.66. The number of anilines is 1. The maximum absolute atomic E-state index is 13.6. The summed E-state index contributed by atoms with van der Waals surface area (Å²) in [6.07, 6.45) is 0.799. The number of fused-ring (bicyclic) bond motifs is 1. The number of benzene rings is 3. The summed E-state index contributed by atoms with van der Waals surface area (Å²) in [5, 5.41) is 11.6. The van der Waals surface area contributed by atoms with Crippen LogP contribution in [0.1, 0.15) is 44.4 Å². The zero-order valence-corrected chi connectivity index (χ0v) is 23.7. The third-order valence-electron chi connectivity index (χ3n) is 6.47. The second-order valence-corrected chi connectivity index (χ2v) is 10.2. The Balaban J connectivity index is 1.69. The van der Waals surface area contributed by atoms with Crippen molar-refractivity contribution < 1.29 is 33.3 Å². The van der Waals surface area contributed by atoms with Crippen molar-refractivity contribution in [3.63, 3.8) is 0 Å². The first-order valence-electron chi connectivity index (χ1n) is 13.4. The Morgan fingerprint density at radius 1 is 0.951 bits per heavy atom. The lowest BCUT2D eigenvalue weighted by Crippen LogP contribution is -2.29. The molecule has 1 amide bonds. The van der Waals surface area contributed by atoms with Crippen LogP contribution in [0.25, 0.3) is 16.0 Å². The molecule has 3 aromatic carbocycles. The maximum atomic E-state index is 13.6. The first-order chi connectivity index (χ1) is 19.9. The van der Waals surface area contributed by atoms with E-state index >= 15 is 0 Å². The van der Waals surface area contributed by atoms with Crippen molar-refractivity contribution >= 4 is 44.1 Å². The van der Waals surface area contributed by atoms with Crippen LogP contribution in [-0.2, 0) is 9.59 Å². The van der Waals surface area contributed by atoms with Crippen LogP contribution in [0.2, 0.25) is 0 Å². The van der Waals surface area contributed by atoms with Crippen molar-refractivity contribution in [3.05, 3.63) is 83.2 Å². The van der Waals surface area contributed by atoms with E-state index in [1.807, 2.05) is 26.8 Å². The summed E-state index contributed by atoms with van der Waals surface area (Å²) in [5.41, 5.74) is 1.20. The fourth-order valence-corrected chi connectivity index (χ4v) is 5.68. The minimum atomic E-state index is -1.04. The van der Waals surface area contributed by atoms with E-state index in [1.165, 1.54) is 40.5 Å². The summed E-state index contributed by atoms with van der Waals surface area (Å²) in [4.78, 5) is 33.1. The van der Waals surface area contributed by atoms with Crippen molar-refractivity contribution in [1.29, 1.82) is 0 Å². The molecule has 212 valence electrons. The van der Waals surface area contributed by atoms with E-state index in [0.717, 1.165) is 11.1 Å². The molecule has 1 aromatic heterocycles. The molecule has 0 saturated carbocycles. The number of halogens is 1. The summed E-state index contributed by atoms with van der Waals surface area (Å²) in [6, 6.07) is 14.6. The zero-order chi connectivity index (χ0) is 29.1. The average Bonchev–Trinajstić information content (AvgIpc) is 3.50. The Labute approximate surface area is 240 Å². The number of Topliss-reactive ketones (excluding diaryl/α,β-unsaturated/α-hetero) is 1. The van der Waals surface area contributed by atoms with Gasteiger partial charge in [0.2, 0.25) is 0 Å². The first kappa shape index (κ1) is 28.1. The Kier molecular flexibility index (Phi) is 8.21. The van der Waals surface area contributed by atoms with Crippen LogP contribution in [0.4, 0.5) is 9.52 Å². The summed E-state index contributed by atoms with van der Waals surface area (Å²) >= 11 is 1.23. The topological polar surface area (TPSA) is 98.2 Å². The summed E-state index contributed by atoms with van der Waals surface area (Å²) in [7, 11) is 0. The van der Waals surface area contributed by atoms with Crippen LogP contribution >= 0.6 is 11.3 Å². The van der Waals surface area contributed by atoms with Gasteiger partial charge in [0.05, 0.1) is 41.7 Å². The summed E-state index contributed by atoms with van der Waals surface area (Å²) in [6.45, 7) is 7.06. The lowest BCUT2D eigenvalue weighted by molar-refractivity contribution is -0.132. The second kappa shape index (κ2) is 12.0. The second-order valence-electron chi connectivity index (χ2n) is 9.22. The molecule has 1 aliphatic heterocycles. The van der Waals surface area contributed by atoms with Crippen molar-refractivity contribution in [3.8, 4) is 17.2 Å². The molecule has 8 nitrogen and oxygen atoms in total. The molecule has 0 aliphatic carbocycles. The number of hydrogen-bond acceptors (Lipinski definition) is 8. The molecule has 1 saturated heterocycles. The number of aromatic nitrogens is 1. The van der Waals surface area contributed by atoms with Gasteiger partial charge in [-0.2, -0.15) is 0 Å². The minimum Gasteiger partial charge on any atom is -0.507 e. The number of amides is 1. The van der Waals surface area contributed by atoms with E-state index in [-0.39, 0.29) is 16.3 Å². The highest BCUT2D eigenvalue weighted by Crippen LogP contribution is 2.46. The molecule has 4 aromatic rings. The predicted octanol–water partition coefficient (Wildman–Crippen LogP) is 6.65. The van der Waals surface area contributed by atoms with Crippen LogP contribution in [0.3, 0.4) is 0 Å². The van der Waals surface area contributed by atoms with Crippen LogP contribution in [0.5, 0.6) is 17.2 Å². The number of carbonyl (C=O) groups excluding carboxylic acids is 2. The van der Waals surface area contributed by atoms with Gasteiger partial charge in [-0.05, 0) is 80.4 Å². The molecule has 1 aliphatic rings. The molecule has 1 N–H and O–H groups in total. The molecule has 0 radical (unpaired) electrons. The van der Waals surface area contributed by atoms with Crippen molar-refractivity contribution in [2.45, 2.75) is 33.2 Å². The number of rotatable bonds is 10. The Bertz CT molecular complexity index is 1630. The van der Waals surface area contributed by atoms with E-state index < -0.39 is 29.3 Å². The number of thiazole rings is 1. The molecule has 5 rings (SSSR count). The average molecular weight is 577 g/mol. The molecule has 0 bridgehead atoms. The predicted molar refractivity (Wildman–Crippen MR) is 155 cm³/mol. The molecule has 0 spiro atoms. The van der Waals surface area contributed by atoms with Gasteiger partial charge in [0, 0.05) is 5.56 Å². The third kappa shape index (κ3) is 5.47. The summed E-state index contributed by atoms with van der Waals surface area (Å²) < 4.78 is 31.7. The van der Waals surface area contributed by atoms with Gasteiger partial charge < -0.3 is 19.3 Å². The van der Waals surface area contributed by atoms with E-state index in [2.05, 4.69) is 4.98 Å². The number of ketones is 1. The van der Waals surface area contributed by atoms with Crippen molar-refractivity contribution in [2.75, 3.05) is 24.7 Å². The van der Waals surface area contributed by atoms with E-state index in [0.29, 0.717) is 48.1 Å². The minimum absolute atomic E-state index is 0.138. The number of aliphatic hydroxyl groups excluding tert-OH is 1. The van der Waals surface area contributed by atoms with Crippen LogP contribution < -0.4 is 19.1 Å². The fraction of sp³-hybridized carbons (Fsp3) is 0.258. The number of hydrogen-bond donors (Lipinski definition) is 1. The molecule has 10 heteroatoms. The molecular weight excluding hydrogens is 547 g/mol. The van der Waals surface area contributed by atoms with Gasteiger partial charge in [0.15, 0.2) is 16.6 Å². The summed E-state index contributed by atoms with van der Waals surface area (Å²) in [5.74, 6) is -1.01. The largest absolute Gasteiger partial charge is 0.507 e. The Hall–Kier alpha value is -4.44. The zero-order valence-electron chi connectivity index (χ0n) is 22.8. The van der Waals surface area contributed by atoms with E-state index in [4.69, 9.17) is 14.2 Å². The van der Waals surface area contributed by atoms with Crippen molar-refractivity contribution in [1.82, 2.24) is 4.98 Å². The third-order valence-corrected chi connectivity index (χ3v) is 7.49. The van der Waals surface area contributed by atoms with E-state index in [1.54, 1.807) is 30.3 Å². The molecule has 1 fully saturated rings. The van der Waals surface area contributed by atoms with Gasteiger partial charge in [0.1, 0.15) is 17.3 Å². The lowest BCUT2D eigenvalue weighted by atomic mass is 9.95. The first-order valence-corrected chi connectivity index (χ1v) is 14.2. The number of aliphatic hydroxyl groups is 1. The monoisotopic (exact) mass is 576 g/mol. The smallest absolute Gasteiger partial charge is 0.301 e. The number of ether oxygens (including phenoxy) is 3. The molecule has 41 heavy (non-hydrogen) atoms. The van der Waals surface area contributed by atoms with Gasteiger partial charge in [-0.3, -0.25) is 14.5 Å². The molecule has 1 atom stereocenters. The Morgan fingerprint density at radius 3 is 2.41 bits per heavy atom. The van der Waals surface area contributed by atoms with Gasteiger partial charge in [-0.1, -0.05) is 24.3 Å². The number of nitrogens with zero attached hydrogens (tertiary/aromatic N) is 2. The van der Waals surface area contributed by atoms with Crippen molar-refractivity contribution in [2.24, 2.45) is 0 Å². The van der Waals surface area contributed by atoms with Gasteiger partial charge >= 0.3 is 5.91 Å². The van der Waals surface area contributed by atoms with E-state index in [9.17, 15) is 19.1 Å².